The number of anilines is 2. The Morgan fingerprint density at radius 3 is 2.61 bits per heavy atom. The zero-order valence-electron chi connectivity index (χ0n) is 16.3. The molecule has 3 unspecified atom stereocenters. The van der Waals surface area contributed by atoms with E-state index in [1.165, 1.54) is 0 Å². The maximum Gasteiger partial charge on any atom is 0.133 e. The first kappa shape index (κ1) is 20.8. The summed E-state index contributed by atoms with van der Waals surface area (Å²) in [5, 5.41) is 3.85. The fraction of sp³-hybridized carbons (Fsp3) is 0.304. The van der Waals surface area contributed by atoms with Gasteiger partial charge in [0.15, 0.2) is 0 Å². The molecule has 2 aromatic carbocycles. The molecule has 1 saturated heterocycles. The summed E-state index contributed by atoms with van der Waals surface area (Å²) in [5.41, 5.74) is 2.70. The summed E-state index contributed by atoms with van der Waals surface area (Å²) in [6.07, 6.45) is 2.09. The number of benzene rings is 2. The van der Waals surface area contributed by atoms with E-state index in [-0.39, 0.29) is 0 Å². The summed E-state index contributed by atoms with van der Waals surface area (Å²) in [5.74, 6) is 0. The van der Waals surface area contributed by atoms with E-state index in [2.05, 4.69) is 42.4 Å². The van der Waals surface area contributed by atoms with Crippen molar-refractivity contribution in [3.8, 4) is 0 Å². The van der Waals surface area contributed by atoms with Crippen molar-refractivity contribution in [2.24, 2.45) is 5.41 Å². The van der Waals surface area contributed by atoms with Gasteiger partial charge >= 0.3 is 0 Å². The smallest absolute Gasteiger partial charge is 0.133 e. The van der Waals surface area contributed by atoms with E-state index in [9.17, 15) is 0 Å². The van der Waals surface area contributed by atoms with E-state index in [4.69, 9.17) is 27.9 Å². The van der Waals surface area contributed by atoms with Crippen molar-refractivity contribution < 1.29 is 4.74 Å². The molecule has 0 saturated carbocycles. The lowest BCUT2D eigenvalue weighted by molar-refractivity contribution is 0.0622. The van der Waals surface area contributed by atoms with Gasteiger partial charge < -0.3 is 15.0 Å². The van der Waals surface area contributed by atoms with Crippen molar-refractivity contribution in [2.45, 2.75) is 25.0 Å². The summed E-state index contributed by atoms with van der Waals surface area (Å²) < 4.78 is 6.21. The van der Waals surface area contributed by atoms with Gasteiger partial charge in [-0.2, -0.15) is 0 Å². The summed E-state index contributed by atoms with van der Waals surface area (Å²) in [4.78, 5) is 2.18. The van der Waals surface area contributed by atoms with Gasteiger partial charge in [-0.3, -0.25) is 0 Å². The Morgan fingerprint density at radius 1 is 1.29 bits per heavy atom. The molecule has 2 aromatic rings. The first-order chi connectivity index (χ1) is 13.5. The minimum Gasteiger partial charge on any atom is -0.388 e. The third-order valence-electron chi connectivity index (χ3n) is 5.45. The predicted octanol–water partition coefficient (Wildman–Crippen LogP) is 6.62. The molecular formula is C23H26Cl2N2O. The van der Waals surface area contributed by atoms with E-state index < -0.39 is 17.1 Å². The Labute approximate surface area is 177 Å². The molecule has 5 heteroatoms. The van der Waals surface area contributed by atoms with E-state index >= 15 is 0 Å². The third-order valence-corrected chi connectivity index (χ3v) is 6.03. The molecule has 1 heterocycles. The Morgan fingerprint density at radius 2 is 2.00 bits per heavy atom. The minimum absolute atomic E-state index is 0.395. The lowest BCUT2D eigenvalue weighted by Gasteiger charge is -2.40. The molecule has 0 aliphatic carbocycles. The Balaban J connectivity index is 2.12. The average Bonchev–Trinajstić information content (AvgIpc) is 3.06. The zero-order chi connectivity index (χ0) is 20.3. The molecule has 1 aliphatic heterocycles. The molecule has 1 aliphatic rings. The molecule has 0 bridgehead atoms. The largest absolute Gasteiger partial charge is 0.388 e. The topological polar surface area (TPSA) is 24.5 Å². The number of nitrogens with one attached hydrogen (secondary N) is 1. The zero-order valence-corrected chi connectivity index (χ0v) is 17.8. The van der Waals surface area contributed by atoms with Crippen LogP contribution in [0.15, 0.2) is 73.5 Å². The quantitative estimate of drug-likeness (QED) is 0.405. The van der Waals surface area contributed by atoms with Gasteiger partial charge in [0.05, 0.1) is 5.41 Å². The van der Waals surface area contributed by atoms with Gasteiger partial charge in [-0.1, -0.05) is 60.1 Å². The van der Waals surface area contributed by atoms with E-state index in [1.54, 1.807) is 0 Å². The molecule has 3 atom stereocenters. The fourth-order valence-electron chi connectivity index (χ4n) is 4.00. The second-order valence-electron chi connectivity index (χ2n) is 6.85. The second-order valence-corrected chi connectivity index (χ2v) is 7.75. The van der Waals surface area contributed by atoms with Gasteiger partial charge in [-0.15, -0.1) is 6.58 Å². The summed E-state index contributed by atoms with van der Waals surface area (Å²) in [6, 6.07) is 16.0. The lowest BCUT2D eigenvalue weighted by Crippen LogP contribution is -2.36. The van der Waals surface area contributed by atoms with Crippen LogP contribution >= 0.6 is 23.2 Å². The van der Waals surface area contributed by atoms with Crippen LogP contribution in [0.5, 0.6) is 0 Å². The van der Waals surface area contributed by atoms with Crippen LogP contribution in [0.3, 0.4) is 0 Å². The number of para-hydroxylation sites is 1. The second kappa shape index (κ2) is 8.60. The number of rotatable bonds is 7. The summed E-state index contributed by atoms with van der Waals surface area (Å²) in [6.45, 7) is 11.5. The molecule has 1 N–H and O–H groups in total. The van der Waals surface area contributed by atoms with E-state index in [1.807, 2.05) is 49.5 Å². The number of halogens is 2. The standard InChI is InChI=1S/C23H26Cl2N2O/c1-5-23(16(3)27(6-2)17-11-8-7-9-12-17)15-20(25)28-22(23)21-18(24)13-10-14-19(21)26-4/h5,7-14,20,22,26H,1,3,6,15H2,2,4H3. The van der Waals surface area contributed by atoms with Crippen LogP contribution in [0.25, 0.3) is 0 Å². The predicted molar refractivity (Wildman–Crippen MR) is 120 cm³/mol. The van der Waals surface area contributed by atoms with Crippen LogP contribution < -0.4 is 10.2 Å². The van der Waals surface area contributed by atoms with Crippen molar-refractivity contribution in [3.05, 3.63) is 84.0 Å². The molecule has 0 aromatic heterocycles. The molecule has 0 radical (unpaired) electrons. The maximum atomic E-state index is 6.61. The van der Waals surface area contributed by atoms with Gasteiger partial charge in [0, 0.05) is 47.7 Å². The minimum atomic E-state index is -0.588. The molecule has 28 heavy (non-hydrogen) atoms. The van der Waals surface area contributed by atoms with Gasteiger partial charge in [-0.05, 0) is 31.2 Å². The molecule has 148 valence electrons. The van der Waals surface area contributed by atoms with Crippen molar-refractivity contribution in [3.63, 3.8) is 0 Å². The van der Waals surface area contributed by atoms with Crippen LogP contribution in [-0.2, 0) is 4.74 Å². The number of hydrogen-bond acceptors (Lipinski definition) is 3. The van der Waals surface area contributed by atoms with Crippen molar-refractivity contribution >= 4 is 34.6 Å². The molecule has 0 amide bonds. The Kier molecular flexibility index (Phi) is 6.39. The van der Waals surface area contributed by atoms with Gasteiger partial charge in [0.2, 0.25) is 0 Å². The van der Waals surface area contributed by atoms with Gasteiger partial charge in [0.25, 0.3) is 0 Å². The first-order valence-corrected chi connectivity index (χ1v) is 10.2. The molecule has 3 nitrogen and oxygen atoms in total. The monoisotopic (exact) mass is 416 g/mol. The third kappa shape index (κ3) is 3.55. The van der Waals surface area contributed by atoms with Gasteiger partial charge in [-0.25, -0.2) is 0 Å². The number of ether oxygens (including phenoxy) is 1. The number of alkyl halides is 1. The van der Waals surface area contributed by atoms with Crippen LogP contribution in [-0.4, -0.2) is 19.2 Å². The molecule has 0 spiro atoms. The highest BCUT2D eigenvalue weighted by Crippen LogP contribution is 2.57. The summed E-state index contributed by atoms with van der Waals surface area (Å²) in [7, 11) is 1.87. The highest BCUT2D eigenvalue weighted by atomic mass is 35.5. The van der Waals surface area contributed by atoms with Crippen LogP contribution in [0.4, 0.5) is 11.4 Å². The molecule has 3 rings (SSSR count). The Bertz CT molecular complexity index is 855. The molecular weight excluding hydrogens is 391 g/mol. The van der Waals surface area contributed by atoms with Crippen LogP contribution in [0.1, 0.15) is 25.0 Å². The highest BCUT2D eigenvalue weighted by Gasteiger charge is 2.51. The van der Waals surface area contributed by atoms with Gasteiger partial charge in [0.1, 0.15) is 11.7 Å². The average molecular weight is 417 g/mol. The Hall–Kier alpha value is -1.94. The highest BCUT2D eigenvalue weighted by molar-refractivity contribution is 6.31. The van der Waals surface area contributed by atoms with Crippen LogP contribution in [0.2, 0.25) is 5.02 Å². The number of nitrogens with zero attached hydrogens (tertiary/aromatic N) is 1. The van der Waals surface area contributed by atoms with E-state index in [0.29, 0.717) is 11.4 Å². The maximum absolute atomic E-state index is 6.61. The SMILES string of the molecule is C=CC1(C(=C)N(CC)c2ccccc2)CC(Cl)OC1c1c(Cl)cccc1NC. The van der Waals surface area contributed by atoms with Crippen molar-refractivity contribution in [2.75, 3.05) is 23.8 Å². The van der Waals surface area contributed by atoms with Crippen molar-refractivity contribution in [1.82, 2.24) is 0 Å². The summed E-state index contributed by atoms with van der Waals surface area (Å²) >= 11 is 13.1. The van der Waals surface area contributed by atoms with Crippen molar-refractivity contribution in [1.29, 1.82) is 0 Å². The normalized spacial score (nSPS) is 24.0. The first-order valence-electron chi connectivity index (χ1n) is 9.39. The van der Waals surface area contributed by atoms with E-state index in [0.717, 1.165) is 29.2 Å². The molecule has 1 fully saturated rings. The fourth-order valence-corrected chi connectivity index (χ4v) is 4.63. The lowest BCUT2D eigenvalue weighted by atomic mass is 9.74. The van der Waals surface area contributed by atoms with Crippen LogP contribution in [0, 0.1) is 5.41 Å². The number of hydrogen-bond donors (Lipinski definition) is 1.